The number of nitro benzene ring substituents is 1. The number of carboxylic acids is 2. The molecular formula is C36H49N7O11. The quantitative estimate of drug-likeness (QED) is 0.0499. The van der Waals surface area contributed by atoms with Crippen molar-refractivity contribution in [2.45, 2.75) is 97.7 Å². The summed E-state index contributed by atoms with van der Waals surface area (Å²) in [4.78, 5) is 83.0. The first-order valence-corrected chi connectivity index (χ1v) is 17.3. The molecule has 2 aromatic carbocycles. The van der Waals surface area contributed by atoms with Gasteiger partial charge in [-0.1, -0.05) is 59.6 Å². The Hall–Kier alpha value is -6.07. The van der Waals surface area contributed by atoms with E-state index in [9.17, 15) is 54.4 Å². The Morgan fingerprint density at radius 3 is 1.67 bits per heavy atom. The van der Waals surface area contributed by atoms with Crippen molar-refractivity contribution in [1.29, 1.82) is 0 Å². The molecule has 0 aromatic heterocycles. The van der Waals surface area contributed by atoms with Crippen molar-refractivity contribution in [1.82, 2.24) is 16.0 Å². The number of non-ortho nitro benzene ring substituents is 1. The average molecular weight is 756 g/mol. The van der Waals surface area contributed by atoms with Crippen molar-refractivity contribution < 1.29 is 44.0 Å². The molecule has 294 valence electrons. The number of hydrogen-bond donors (Lipinski definition) is 7. The Labute approximate surface area is 312 Å². The molecule has 0 bridgehead atoms. The Morgan fingerprint density at radius 1 is 0.741 bits per heavy atom. The van der Waals surface area contributed by atoms with Crippen LogP contribution in [0.3, 0.4) is 0 Å². The summed E-state index contributed by atoms with van der Waals surface area (Å²) in [5.74, 6) is -4.17. The zero-order valence-electron chi connectivity index (χ0n) is 30.9. The van der Waals surface area contributed by atoms with Gasteiger partial charge in [0.1, 0.15) is 18.1 Å². The second kappa shape index (κ2) is 20.8. The molecule has 2 aromatic rings. The largest absolute Gasteiger partial charge is 0.480 e. The lowest BCUT2D eigenvalue weighted by Crippen LogP contribution is -2.52. The standard InChI is InChI=1S/C36H49N7O11/c1-22(2)18-29(33(46)41-28(35(49)50)9-7-6-8-27(34(47)48)39-32(45)20-36(3,4)5)40-31(44)19-23-10-12-24(13-11-23)37-30(21-42(51)52)38-25-14-16-26(17-15-25)43(53)54/h10-17,21-22,27-29,37-38H,6-9,18-20H2,1-5H3,(H,39,45)(H,40,44)(H,41,46)(H,47,48)(H,49,50). The molecule has 18 heteroatoms. The molecule has 3 unspecified atom stereocenters. The zero-order valence-corrected chi connectivity index (χ0v) is 30.9. The monoisotopic (exact) mass is 755 g/mol. The van der Waals surface area contributed by atoms with Crippen LogP contribution in [0.4, 0.5) is 17.1 Å². The molecule has 7 N–H and O–H groups in total. The highest BCUT2D eigenvalue weighted by molar-refractivity contribution is 5.91. The fourth-order valence-electron chi connectivity index (χ4n) is 5.23. The minimum absolute atomic E-state index is 0.00591. The van der Waals surface area contributed by atoms with Crippen molar-refractivity contribution in [3.05, 3.63) is 86.3 Å². The van der Waals surface area contributed by atoms with E-state index in [2.05, 4.69) is 26.6 Å². The van der Waals surface area contributed by atoms with E-state index in [1.54, 1.807) is 24.3 Å². The van der Waals surface area contributed by atoms with Gasteiger partial charge in [-0.2, -0.15) is 0 Å². The Morgan fingerprint density at radius 2 is 1.22 bits per heavy atom. The maximum absolute atomic E-state index is 13.2. The molecule has 2 rings (SSSR count). The van der Waals surface area contributed by atoms with E-state index in [1.807, 2.05) is 34.6 Å². The number of nitrogens with zero attached hydrogens (tertiary/aromatic N) is 2. The number of anilines is 2. The number of rotatable bonds is 22. The van der Waals surface area contributed by atoms with E-state index in [0.29, 0.717) is 23.1 Å². The first-order valence-electron chi connectivity index (χ1n) is 17.3. The Kier molecular flexibility index (Phi) is 17.0. The van der Waals surface area contributed by atoms with Gasteiger partial charge in [-0.3, -0.25) is 34.6 Å². The molecule has 0 saturated carbocycles. The van der Waals surface area contributed by atoms with Crippen LogP contribution in [0, 0.1) is 31.6 Å². The molecule has 0 radical (unpaired) electrons. The van der Waals surface area contributed by atoms with Crippen molar-refractivity contribution in [3.63, 3.8) is 0 Å². The molecule has 54 heavy (non-hydrogen) atoms. The van der Waals surface area contributed by atoms with Crippen molar-refractivity contribution in [2.24, 2.45) is 11.3 Å². The number of carboxylic acid groups (broad SMARTS) is 2. The number of nitrogens with one attached hydrogen (secondary N) is 5. The van der Waals surface area contributed by atoms with Gasteiger partial charge in [0.2, 0.25) is 17.7 Å². The van der Waals surface area contributed by atoms with Crippen LogP contribution in [0.1, 0.15) is 78.7 Å². The molecule has 0 saturated heterocycles. The van der Waals surface area contributed by atoms with Crippen molar-refractivity contribution in [2.75, 3.05) is 10.6 Å². The first kappa shape index (κ1) is 44.1. The summed E-state index contributed by atoms with van der Waals surface area (Å²) in [7, 11) is 0. The van der Waals surface area contributed by atoms with Crippen LogP contribution in [0.5, 0.6) is 0 Å². The number of unbranched alkanes of at least 4 members (excludes halogenated alkanes) is 1. The Bertz CT molecular complexity index is 1670. The van der Waals surface area contributed by atoms with Gasteiger partial charge in [0, 0.05) is 29.9 Å². The number of hydrogen-bond acceptors (Lipinski definition) is 11. The highest BCUT2D eigenvalue weighted by Crippen LogP contribution is 2.20. The summed E-state index contributed by atoms with van der Waals surface area (Å²) in [6.07, 6.45) is 1.49. The third-order valence-electron chi connectivity index (χ3n) is 7.72. The van der Waals surface area contributed by atoms with Gasteiger partial charge in [0.15, 0.2) is 5.82 Å². The van der Waals surface area contributed by atoms with E-state index < -0.39 is 57.6 Å². The number of carbonyl (C=O) groups is 5. The lowest BCUT2D eigenvalue weighted by molar-refractivity contribution is -0.403. The highest BCUT2D eigenvalue weighted by atomic mass is 16.6. The smallest absolute Gasteiger partial charge is 0.326 e. The summed E-state index contributed by atoms with van der Waals surface area (Å²) in [6, 6.07) is 8.13. The Balaban J connectivity index is 1.99. The van der Waals surface area contributed by atoms with E-state index in [-0.39, 0.29) is 67.8 Å². The van der Waals surface area contributed by atoms with E-state index in [0.717, 1.165) is 0 Å². The maximum Gasteiger partial charge on any atom is 0.326 e. The average Bonchev–Trinajstić information content (AvgIpc) is 3.04. The van der Waals surface area contributed by atoms with Gasteiger partial charge in [-0.25, -0.2) is 9.59 Å². The zero-order chi connectivity index (χ0) is 40.6. The molecule has 0 fully saturated rings. The van der Waals surface area contributed by atoms with Crippen LogP contribution in [-0.4, -0.2) is 67.8 Å². The topological polar surface area (TPSA) is 272 Å². The fourth-order valence-corrected chi connectivity index (χ4v) is 5.23. The van der Waals surface area contributed by atoms with Crippen LogP contribution in [0.2, 0.25) is 0 Å². The highest BCUT2D eigenvalue weighted by Gasteiger charge is 2.28. The van der Waals surface area contributed by atoms with Crippen LogP contribution in [0.15, 0.2) is 60.6 Å². The molecule has 0 aliphatic rings. The number of carbonyl (C=O) groups excluding carboxylic acids is 3. The summed E-state index contributed by atoms with van der Waals surface area (Å²) >= 11 is 0. The van der Waals surface area contributed by atoms with Gasteiger partial charge in [-0.15, -0.1) is 0 Å². The predicted molar refractivity (Wildman–Crippen MR) is 199 cm³/mol. The van der Waals surface area contributed by atoms with Crippen molar-refractivity contribution in [3.8, 4) is 0 Å². The summed E-state index contributed by atoms with van der Waals surface area (Å²) in [6.45, 7) is 9.23. The van der Waals surface area contributed by atoms with Gasteiger partial charge in [-0.05, 0) is 60.4 Å². The minimum Gasteiger partial charge on any atom is -0.480 e. The molecule has 0 spiro atoms. The second-order valence-corrected chi connectivity index (χ2v) is 14.4. The summed E-state index contributed by atoms with van der Waals surface area (Å²) in [5, 5.41) is 54.7. The molecule has 18 nitrogen and oxygen atoms in total. The summed E-state index contributed by atoms with van der Waals surface area (Å²) in [5.41, 5.74) is 0.838. The minimum atomic E-state index is -1.30. The van der Waals surface area contributed by atoms with Gasteiger partial charge in [0.05, 0.1) is 16.3 Å². The van der Waals surface area contributed by atoms with Gasteiger partial charge >= 0.3 is 11.9 Å². The second-order valence-electron chi connectivity index (χ2n) is 14.4. The third kappa shape index (κ3) is 17.0. The number of benzene rings is 2. The van der Waals surface area contributed by atoms with Crippen molar-refractivity contribution >= 4 is 46.7 Å². The lowest BCUT2D eigenvalue weighted by atomic mass is 9.91. The molecule has 0 aliphatic carbocycles. The fraction of sp³-hybridized carbons (Fsp3) is 0.472. The van der Waals surface area contributed by atoms with Crippen LogP contribution in [0.25, 0.3) is 0 Å². The molecular weight excluding hydrogens is 706 g/mol. The normalized spacial score (nSPS) is 13.2. The first-order chi connectivity index (χ1) is 25.2. The van der Waals surface area contributed by atoms with E-state index in [1.165, 1.54) is 24.3 Å². The van der Waals surface area contributed by atoms with Crippen LogP contribution < -0.4 is 26.6 Å². The summed E-state index contributed by atoms with van der Waals surface area (Å²) < 4.78 is 0. The SMILES string of the molecule is CC(C)CC(NC(=O)Cc1ccc(NC(=C[N+](=O)[O-])Nc2ccc([N+](=O)[O-])cc2)cc1)C(=O)NC(CCCCC(NC(=O)CC(C)(C)C)C(=O)O)C(=O)O. The van der Waals surface area contributed by atoms with E-state index in [4.69, 9.17) is 0 Å². The number of aliphatic carboxylic acids is 2. The van der Waals surface area contributed by atoms with Crippen LogP contribution >= 0.6 is 0 Å². The maximum atomic E-state index is 13.2. The van der Waals surface area contributed by atoms with E-state index >= 15 is 0 Å². The molecule has 0 heterocycles. The third-order valence-corrected chi connectivity index (χ3v) is 7.72. The van der Waals surface area contributed by atoms with Gasteiger partial charge in [0.25, 0.3) is 11.9 Å². The number of amides is 3. The molecule has 3 amide bonds. The van der Waals surface area contributed by atoms with Gasteiger partial charge < -0.3 is 36.8 Å². The lowest BCUT2D eigenvalue weighted by Gasteiger charge is -2.23. The molecule has 3 atom stereocenters. The molecule has 0 aliphatic heterocycles. The van der Waals surface area contributed by atoms with Crippen LogP contribution in [-0.2, 0) is 30.4 Å². The predicted octanol–water partition coefficient (Wildman–Crippen LogP) is 4.40. The number of nitro groups is 2.